The molecule has 0 aliphatic rings. The topological polar surface area (TPSA) is 34.9 Å². The zero-order valence-corrected chi connectivity index (χ0v) is 15.0. The van der Waals surface area contributed by atoms with E-state index in [1.165, 1.54) is 0 Å². The third-order valence-electron chi connectivity index (χ3n) is 3.07. The van der Waals surface area contributed by atoms with Gasteiger partial charge in [-0.1, -0.05) is 18.5 Å². The van der Waals surface area contributed by atoms with Crippen molar-refractivity contribution in [2.24, 2.45) is 7.05 Å². The van der Waals surface area contributed by atoms with Crippen LogP contribution >= 0.6 is 43.5 Å². The molecule has 1 aromatic heterocycles. The van der Waals surface area contributed by atoms with Crippen molar-refractivity contribution < 1.29 is 4.79 Å². The lowest BCUT2D eigenvalue weighted by Crippen LogP contribution is -2.08. The summed E-state index contributed by atoms with van der Waals surface area (Å²) in [6.07, 6.45) is 1.13. The van der Waals surface area contributed by atoms with Crippen LogP contribution in [0.15, 0.2) is 27.1 Å². The van der Waals surface area contributed by atoms with Crippen molar-refractivity contribution in [1.82, 2.24) is 9.78 Å². The Labute approximate surface area is 139 Å². The number of halogens is 3. The van der Waals surface area contributed by atoms with Gasteiger partial charge in [-0.2, -0.15) is 5.10 Å². The van der Waals surface area contributed by atoms with E-state index in [4.69, 9.17) is 11.6 Å². The predicted molar refractivity (Wildman–Crippen MR) is 87.5 cm³/mol. The molecule has 0 amide bonds. The van der Waals surface area contributed by atoms with Crippen molar-refractivity contribution in [3.63, 3.8) is 0 Å². The Morgan fingerprint density at radius 1 is 1.40 bits per heavy atom. The Bertz CT molecular complexity index is 667. The fourth-order valence-electron chi connectivity index (χ4n) is 1.94. The zero-order valence-electron chi connectivity index (χ0n) is 11.1. The third-order valence-corrected chi connectivity index (χ3v) is 5.20. The lowest BCUT2D eigenvalue weighted by atomic mass is 10.1. The Kier molecular flexibility index (Phi) is 5.04. The molecule has 0 saturated carbocycles. The first-order valence-electron chi connectivity index (χ1n) is 6.12. The fraction of sp³-hybridized carbons (Fsp3) is 0.286. The minimum Gasteiger partial charge on any atom is -0.294 e. The maximum atomic E-state index is 12.4. The van der Waals surface area contributed by atoms with E-state index in [-0.39, 0.29) is 5.78 Å². The molecular formula is C14H13Br2ClN2O. The molecule has 2 aromatic rings. The van der Waals surface area contributed by atoms with Gasteiger partial charge in [-0.05, 0) is 56.5 Å². The average molecular weight is 421 g/mol. The molecule has 0 saturated heterocycles. The molecule has 0 aliphatic carbocycles. The Balaban J connectivity index is 2.28. The Morgan fingerprint density at radius 2 is 2.10 bits per heavy atom. The number of ketones is 1. The molecule has 0 atom stereocenters. The van der Waals surface area contributed by atoms with Crippen LogP contribution in [-0.2, 0) is 19.9 Å². The summed E-state index contributed by atoms with van der Waals surface area (Å²) in [5.74, 6) is 0.0359. The molecule has 0 aliphatic heterocycles. The number of Topliss-reactive ketones (excluding diaryl/α,β-unsaturated/α-hetero) is 1. The lowest BCUT2D eigenvalue weighted by Gasteiger charge is -2.04. The molecule has 1 aromatic carbocycles. The van der Waals surface area contributed by atoms with Crippen LogP contribution in [0.25, 0.3) is 0 Å². The van der Waals surface area contributed by atoms with Crippen molar-refractivity contribution in [2.45, 2.75) is 19.8 Å². The molecule has 106 valence electrons. The Hall–Kier alpha value is -0.650. The first-order valence-corrected chi connectivity index (χ1v) is 8.09. The molecule has 2 rings (SSSR count). The average Bonchev–Trinajstić information content (AvgIpc) is 2.69. The van der Waals surface area contributed by atoms with Gasteiger partial charge in [-0.25, -0.2) is 0 Å². The molecule has 0 spiro atoms. The molecule has 0 N–H and O–H groups in total. The van der Waals surface area contributed by atoms with Gasteiger partial charge in [0.15, 0.2) is 5.78 Å². The van der Waals surface area contributed by atoms with Crippen LogP contribution in [0.5, 0.6) is 0 Å². The summed E-state index contributed by atoms with van der Waals surface area (Å²) in [5.41, 5.74) is 2.48. The summed E-state index contributed by atoms with van der Waals surface area (Å²) >= 11 is 12.8. The SMILES string of the molecule is CCc1nn(C)c(CC(=O)c2ccc(Cl)c(Br)c2)c1Br. The smallest absolute Gasteiger partial charge is 0.168 e. The second kappa shape index (κ2) is 6.41. The maximum absolute atomic E-state index is 12.4. The summed E-state index contributed by atoms with van der Waals surface area (Å²) in [4.78, 5) is 12.4. The predicted octanol–water partition coefficient (Wildman–Crippen LogP) is 4.59. The standard InChI is InChI=1S/C14H13Br2ClN2O/c1-3-11-14(16)12(19(2)18-11)7-13(20)8-4-5-10(17)9(15)6-8/h4-6H,3,7H2,1-2H3. The number of hydrogen-bond donors (Lipinski definition) is 0. The van der Waals surface area contributed by atoms with Gasteiger partial charge in [-0.3, -0.25) is 9.48 Å². The van der Waals surface area contributed by atoms with Gasteiger partial charge in [0, 0.05) is 17.1 Å². The molecule has 20 heavy (non-hydrogen) atoms. The molecular weight excluding hydrogens is 407 g/mol. The summed E-state index contributed by atoms with van der Waals surface area (Å²) in [5, 5.41) is 4.99. The van der Waals surface area contributed by atoms with Crippen LogP contribution in [-0.4, -0.2) is 15.6 Å². The number of carbonyl (C=O) groups excluding carboxylic acids is 1. The van der Waals surface area contributed by atoms with E-state index < -0.39 is 0 Å². The number of hydrogen-bond acceptors (Lipinski definition) is 2. The number of nitrogens with zero attached hydrogens (tertiary/aromatic N) is 2. The van der Waals surface area contributed by atoms with Crippen LogP contribution < -0.4 is 0 Å². The number of carbonyl (C=O) groups is 1. The van der Waals surface area contributed by atoms with Crippen LogP contribution in [0.1, 0.15) is 28.7 Å². The van der Waals surface area contributed by atoms with Crippen molar-refractivity contribution in [3.8, 4) is 0 Å². The quantitative estimate of drug-likeness (QED) is 0.679. The summed E-state index contributed by atoms with van der Waals surface area (Å²) in [6, 6.07) is 5.20. The molecule has 0 unspecified atom stereocenters. The monoisotopic (exact) mass is 418 g/mol. The first kappa shape index (κ1) is 15.7. The van der Waals surface area contributed by atoms with Gasteiger partial charge in [0.05, 0.1) is 27.3 Å². The minimum absolute atomic E-state index is 0.0359. The maximum Gasteiger partial charge on any atom is 0.168 e. The summed E-state index contributed by atoms with van der Waals surface area (Å²) in [6.45, 7) is 2.04. The van der Waals surface area contributed by atoms with E-state index in [0.29, 0.717) is 17.0 Å². The van der Waals surface area contributed by atoms with Crippen molar-refractivity contribution in [2.75, 3.05) is 0 Å². The number of aryl methyl sites for hydroxylation is 2. The van der Waals surface area contributed by atoms with Gasteiger partial charge in [0.25, 0.3) is 0 Å². The van der Waals surface area contributed by atoms with E-state index in [1.807, 2.05) is 14.0 Å². The highest BCUT2D eigenvalue weighted by Crippen LogP contribution is 2.26. The zero-order chi connectivity index (χ0) is 14.9. The van der Waals surface area contributed by atoms with Crippen molar-refractivity contribution in [3.05, 3.63) is 49.1 Å². The largest absolute Gasteiger partial charge is 0.294 e. The molecule has 6 heteroatoms. The van der Waals surface area contributed by atoms with Crippen molar-refractivity contribution in [1.29, 1.82) is 0 Å². The second-order valence-electron chi connectivity index (χ2n) is 4.41. The number of rotatable bonds is 4. The second-order valence-corrected chi connectivity index (χ2v) is 6.47. The number of benzene rings is 1. The van der Waals surface area contributed by atoms with Crippen LogP contribution in [0.4, 0.5) is 0 Å². The third kappa shape index (κ3) is 3.15. The highest BCUT2D eigenvalue weighted by Gasteiger charge is 2.17. The molecule has 0 radical (unpaired) electrons. The van der Waals surface area contributed by atoms with Crippen LogP contribution in [0, 0.1) is 0 Å². The van der Waals surface area contributed by atoms with Gasteiger partial charge in [-0.15, -0.1) is 0 Å². The van der Waals surface area contributed by atoms with Gasteiger partial charge in [0.2, 0.25) is 0 Å². The fourth-order valence-corrected chi connectivity index (χ4v) is 3.19. The van der Waals surface area contributed by atoms with E-state index in [2.05, 4.69) is 37.0 Å². The highest BCUT2D eigenvalue weighted by atomic mass is 79.9. The number of aromatic nitrogens is 2. The van der Waals surface area contributed by atoms with Crippen molar-refractivity contribution >= 4 is 49.2 Å². The molecule has 0 bridgehead atoms. The lowest BCUT2D eigenvalue weighted by molar-refractivity contribution is 0.0990. The van der Waals surface area contributed by atoms with E-state index in [9.17, 15) is 4.79 Å². The highest BCUT2D eigenvalue weighted by molar-refractivity contribution is 9.10. The van der Waals surface area contributed by atoms with Gasteiger partial charge < -0.3 is 0 Å². The van der Waals surface area contributed by atoms with E-state index in [1.54, 1.807) is 22.9 Å². The Morgan fingerprint density at radius 3 is 2.65 bits per heavy atom. The van der Waals surface area contributed by atoms with Gasteiger partial charge >= 0.3 is 0 Å². The van der Waals surface area contributed by atoms with E-state index >= 15 is 0 Å². The molecule has 0 fully saturated rings. The van der Waals surface area contributed by atoms with E-state index in [0.717, 1.165) is 26.8 Å². The normalized spacial score (nSPS) is 10.8. The van der Waals surface area contributed by atoms with Gasteiger partial charge in [0.1, 0.15) is 0 Å². The molecule has 1 heterocycles. The summed E-state index contributed by atoms with van der Waals surface area (Å²) < 4.78 is 3.40. The summed E-state index contributed by atoms with van der Waals surface area (Å²) in [7, 11) is 1.85. The molecule has 3 nitrogen and oxygen atoms in total. The minimum atomic E-state index is 0.0359. The van der Waals surface area contributed by atoms with Crippen LogP contribution in [0.2, 0.25) is 5.02 Å². The first-order chi connectivity index (χ1) is 9.43. The van der Waals surface area contributed by atoms with Crippen LogP contribution in [0.3, 0.4) is 0 Å².